The van der Waals surface area contributed by atoms with Gasteiger partial charge in [0.2, 0.25) is 17.6 Å². The Bertz CT molecular complexity index is 1200. The van der Waals surface area contributed by atoms with Gasteiger partial charge in [-0.05, 0) is 13.1 Å². The van der Waals surface area contributed by atoms with E-state index in [4.69, 9.17) is 4.74 Å². The van der Waals surface area contributed by atoms with Crippen molar-refractivity contribution in [3.05, 3.63) is 37.1 Å². The molecular formula is C18H18F2N8O. The Morgan fingerprint density at radius 3 is 2.90 bits per heavy atom. The molecule has 1 fully saturated rings. The minimum atomic E-state index is -2.87. The normalized spacial score (nSPS) is 19.2. The van der Waals surface area contributed by atoms with Crippen molar-refractivity contribution in [3.63, 3.8) is 0 Å². The van der Waals surface area contributed by atoms with Crippen LogP contribution in [0.4, 0.5) is 14.7 Å². The van der Waals surface area contributed by atoms with E-state index in [0.29, 0.717) is 11.3 Å². The van der Waals surface area contributed by atoms with E-state index in [9.17, 15) is 8.78 Å². The van der Waals surface area contributed by atoms with Crippen LogP contribution >= 0.6 is 0 Å². The zero-order valence-electron chi connectivity index (χ0n) is 15.8. The molecule has 4 aromatic heterocycles. The number of fused-ring (bicyclic) bond motifs is 2. The molecule has 0 amide bonds. The molecule has 0 bridgehead atoms. The van der Waals surface area contributed by atoms with Crippen molar-refractivity contribution in [2.24, 2.45) is 0 Å². The minimum absolute atomic E-state index is 0.0830. The Labute approximate surface area is 164 Å². The zero-order chi connectivity index (χ0) is 20.2. The van der Waals surface area contributed by atoms with Crippen molar-refractivity contribution in [1.82, 2.24) is 33.9 Å². The second-order valence-corrected chi connectivity index (χ2v) is 7.10. The van der Waals surface area contributed by atoms with Crippen LogP contribution < -0.4 is 10.1 Å². The summed E-state index contributed by atoms with van der Waals surface area (Å²) in [7, 11) is 3.14. The summed E-state index contributed by atoms with van der Waals surface area (Å²) in [5, 5.41) is 7.12. The molecule has 150 valence electrons. The third kappa shape index (κ3) is 2.94. The molecule has 0 aromatic carbocycles. The molecule has 0 saturated carbocycles. The van der Waals surface area contributed by atoms with Crippen LogP contribution in [-0.4, -0.2) is 73.1 Å². The number of methoxy groups -OCH3 is 1. The van der Waals surface area contributed by atoms with Crippen LogP contribution in [0.25, 0.3) is 22.4 Å². The number of likely N-dealkylation sites (tertiary alicyclic amines) is 1. The van der Waals surface area contributed by atoms with Crippen molar-refractivity contribution >= 4 is 17.2 Å². The predicted octanol–water partition coefficient (Wildman–Crippen LogP) is 1.81. The van der Waals surface area contributed by atoms with E-state index in [1.807, 2.05) is 12.3 Å². The van der Waals surface area contributed by atoms with Crippen LogP contribution in [0.1, 0.15) is 0 Å². The molecule has 1 unspecified atom stereocenters. The molecule has 9 nitrogen and oxygen atoms in total. The third-order valence-electron chi connectivity index (χ3n) is 5.02. The highest BCUT2D eigenvalue weighted by Gasteiger charge is 2.47. The predicted molar refractivity (Wildman–Crippen MR) is 101 cm³/mol. The van der Waals surface area contributed by atoms with E-state index >= 15 is 0 Å². The molecule has 29 heavy (non-hydrogen) atoms. The monoisotopic (exact) mass is 400 g/mol. The summed E-state index contributed by atoms with van der Waals surface area (Å²) in [4.78, 5) is 14.4. The van der Waals surface area contributed by atoms with Gasteiger partial charge in [0.1, 0.15) is 11.6 Å². The van der Waals surface area contributed by atoms with E-state index in [0.717, 1.165) is 11.1 Å². The SMILES string of the molecule is COc1nc(NC2CN(C)CC2(F)F)nn2ccc(-c3cnc4nccn4c3)c12. The van der Waals surface area contributed by atoms with Crippen LogP contribution in [-0.2, 0) is 0 Å². The van der Waals surface area contributed by atoms with E-state index in [2.05, 4.69) is 25.4 Å². The first-order chi connectivity index (χ1) is 13.9. The molecule has 4 aromatic rings. The van der Waals surface area contributed by atoms with Crippen molar-refractivity contribution in [1.29, 1.82) is 0 Å². The van der Waals surface area contributed by atoms with E-state index in [-0.39, 0.29) is 24.9 Å². The molecule has 1 saturated heterocycles. The van der Waals surface area contributed by atoms with Crippen molar-refractivity contribution in [2.45, 2.75) is 12.0 Å². The van der Waals surface area contributed by atoms with Crippen molar-refractivity contribution < 1.29 is 13.5 Å². The fraction of sp³-hybridized carbons (Fsp3) is 0.333. The van der Waals surface area contributed by atoms with Gasteiger partial charge in [-0.1, -0.05) is 0 Å². The Hall–Kier alpha value is -3.34. The highest BCUT2D eigenvalue weighted by atomic mass is 19.3. The molecule has 5 rings (SSSR count). The van der Waals surface area contributed by atoms with Crippen molar-refractivity contribution in [2.75, 3.05) is 32.6 Å². The fourth-order valence-electron chi connectivity index (χ4n) is 3.67. The second-order valence-electron chi connectivity index (χ2n) is 7.10. The van der Waals surface area contributed by atoms with Gasteiger partial charge in [0.15, 0.2) is 0 Å². The Balaban J connectivity index is 1.55. The number of anilines is 1. The summed E-state index contributed by atoms with van der Waals surface area (Å²) in [5.74, 6) is -1.91. The number of hydrogen-bond acceptors (Lipinski definition) is 7. The molecule has 0 spiro atoms. The van der Waals surface area contributed by atoms with Gasteiger partial charge in [-0.2, -0.15) is 4.98 Å². The highest BCUT2D eigenvalue weighted by molar-refractivity contribution is 5.84. The lowest BCUT2D eigenvalue weighted by Crippen LogP contribution is -2.38. The molecule has 5 heterocycles. The Morgan fingerprint density at radius 1 is 1.28 bits per heavy atom. The topological polar surface area (TPSA) is 84.9 Å². The Kier molecular flexibility index (Phi) is 3.88. The smallest absolute Gasteiger partial charge is 0.281 e. The molecule has 1 N–H and O–H groups in total. The minimum Gasteiger partial charge on any atom is -0.479 e. The summed E-state index contributed by atoms with van der Waals surface area (Å²) in [6, 6.07) is 0.783. The maximum absolute atomic E-state index is 14.2. The average Bonchev–Trinajstić information content (AvgIpc) is 3.37. The largest absolute Gasteiger partial charge is 0.479 e. The lowest BCUT2D eigenvalue weighted by molar-refractivity contribution is 0.00583. The second kappa shape index (κ2) is 6.34. The summed E-state index contributed by atoms with van der Waals surface area (Å²) in [6.07, 6.45) is 8.81. The molecule has 1 aliphatic heterocycles. The first-order valence-corrected chi connectivity index (χ1v) is 9.00. The van der Waals surface area contributed by atoms with Gasteiger partial charge in [0, 0.05) is 48.7 Å². The molecule has 1 aliphatic rings. The zero-order valence-corrected chi connectivity index (χ0v) is 15.8. The number of nitrogens with one attached hydrogen (secondary N) is 1. The number of ether oxygens (including phenoxy) is 1. The highest BCUT2D eigenvalue weighted by Crippen LogP contribution is 2.32. The first kappa shape index (κ1) is 17.7. The van der Waals surface area contributed by atoms with Gasteiger partial charge in [-0.15, -0.1) is 5.10 Å². The summed E-state index contributed by atoms with van der Waals surface area (Å²) in [5.41, 5.74) is 2.25. The number of alkyl halides is 2. The van der Waals surface area contributed by atoms with Gasteiger partial charge in [0.05, 0.1) is 13.7 Å². The van der Waals surface area contributed by atoms with E-state index < -0.39 is 12.0 Å². The standard InChI is InChI=1S/C18H18F2N8O/c1-26-9-13(18(19,20)10-26)23-16-24-15(29-2)14-12(3-5-28(14)25-16)11-7-22-17-21-4-6-27(17)8-11/h3-8,13H,9-10H2,1-2H3,(H,23,25). The maximum Gasteiger partial charge on any atom is 0.281 e. The van der Waals surface area contributed by atoms with Crippen molar-refractivity contribution in [3.8, 4) is 17.0 Å². The summed E-state index contributed by atoms with van der Waals surface area (Å²) < 4.78 is 37.1. The van der Waals surface area contributed by atoms with E-state index in [1.54, 1.807) is 45.7 Å². The van der Waals surface area contributed by atoms with Gasteiger partial charge < -0.3 is 10.1 Å². The number of nitrogens with zero attached hydrogens (tertiary/aromatic N) is 7. The lowest BCUT2D eigenvalue weighted by atomic mass is 10.1. The lowest BCUT2D eigenvalue weighted by Gasteiger charge is -2.19. The number of likely N-dealkylation sites (N-methyl/N-ethyl adjacent to an activating group) is 1. The van der Waals surface area contributed by atoms with Gasteiger partial charge >= 0.3 is 0 Å². The third-order valence-corrected chi connectivity index (χ3v) is 5.02. The molecule has 0 aliphatic carbocycles. The number of hydrogen-bond donors (Lipinski definition) is 1. The number of rotatable bonds is 4. The Morgan fingerprint density at radius 2 is 2.14 bits per heavy atom. The van der Waals surface area contributed by atoms with Crippen LogP contribution in [0.15, 0.2) is 37.1 Å². The average molecular weight is 400 g/mol. The fourth-order valence-corrected chi connectivity index (χ4v) is 3.67. The molecule has 1 atom stereocenters. The number of halogens is 2. The van der Waals surface area contributed by atoms with Crippen LogP contribution in [0, 0.1) is 0 Å². The van der Waals surface area contributed by atoms with Crippen LogP contribution in [0.3, 0.4) is 0 Å². The first-order valence-electron chi connectivity index (χ1n) is 9.00. The molecule has 11 heteroatoms. The summed E-state index contributed by atoms with van der Waals surface area (Å²) >= 11 is 0. The van der Waals surface area contributed by atoms with Gasteiger partial charge in [-0.3, -0.25) is 9.30 Å². The van der Waals surface area contributed by atoms with Crippen LogP contribution in [0.5, 0.6) is 5.88 Å². The summed E-state index contributed by atoms with van der Waals surface area (Å²) in [6.45, 7) is -0.105. The van der Waals surface area contributed by atoms with Gasteiger partial charge in [-0.25, -0.2) is 23.3 Å². The van der Waals surface area contributed by atoms with Crippen LogP contribution in [0.2, 0.25) is 0 Å². The number of imidazole rings is 1. The quantitative estimate of drug-likeness (QED) is 0.559. The van der Waals surface area contributed by atoms with Gasteiger partial charge in [0.25, 0.3) is 5.92 Å². The maximum atomic E-state index is 14.2. The molecule has 0 radical (unpaired) electrons. The molecular weight excluding hydrogens is 382 g/mol. The van der Waals surface area contributed by atoms with E-state index in [1.165, 1.54) is 7.11 Å². The number of aromatic nitrogens is 6.